The van der Waals surface area contributed by atoms with E-state index < -0.39 is 25.0 Å². The van der Waals surface area contributed by atoms with Gasteiger partial charge in [0.05, 0.1) is 12.1 Å². The Kier molecular flexibility index (Phi) is 4.59. The molecule has 1 aromatic rings. The van der Waals surface area contributed by atoms with E-state index in [4.69, 9.17) is 5.11 Å². The van der Waals surface area contributed by atoms with E-state index in [1.807, 2.05) is 5.32 Å². The van der Waals surface area contributed by atoms with Gasteiger partial charge in [-0.2, -0.15) is 0 Å². The first-order valence-corrected chi connectivity index (χ1v) is 5.07. The van der Waals surface area contributed by atoms with Crippen molar-refractivity contribution in [1.82, 2.24) is 5.32 Å². The second-order valence-electron chi connectivity index (χ2n) is 3.51. The van der Waals surface area contributed by atoms with Crippen LogP contribution < -0.4 is 10.6 Å². The van der Waals surface area contributed by atoms with Gasteiger partial charge in [-0.25, -0.2) is 18.4 Å². The lowest BCUT2D eigenvalue weighted by Crippen LogP contribution is -2.32. The molecule has 0 aliphatic rings. The molecule has 2 amide bonds. The second-order valence-corrected chi connectivity index (χ2v) is 3.51. The number of anilines is 1. The Bertz CT molecular complexity index is 464. The molecular formula is C11H12F2N2O3. The number of urea groups is 1. The summed E-state index contributed by atoms with van der Waals surface area (Å²) in [7, 11) is 0. The highest BCUT2D eigenvalue weighted by molar-refractivity contribution is 5.95. The Morgan fingerprint density at radius 3 is 2.61 bits per heavy atom. The van der Waals surface area contributed by atoms with Crippen LogP contribution in [0.15, 0.2) is 18.2 Å². The van der Waals surface area contributed by atoms with Crippen LogP contribution in [0.3, 0.4) is 0 Å². The average molecular weight is 258 g/mol. The molecule has 0 heterocycles. The number of benzene rings is 1. The maximum Gasteiger partial charge on any atom is 0.336 e. The fraction of sp³-hybridized carbons (Fsp3) is 0.273. The van der Waals surface area contributed by atoms with Crippen LogP contribution in [0.1, 0.15) is 15.9 Å². The van der Waals surface area contributed by atoms with Gasteiger partial charge in [-0.1, -0.05) is 6.07 Å². The number of alkyl halides is 2. The standard InChI is InChI=1S/C11H12F2N2O3/c1-6-7(10(16)17)3-2-4-8(6)15-11(18)14-5-9(12)13/h2-4,9H,5H2,1H3,(H,16,17)(H2,14,15,18). The number of hydrogen-bond donors (Lipinski definition) is 3. The topological polar surface area (TPSA) is 78.4 Å². The van der Waals surface area contributed by atoms with Crippen molar-refractivity contribution < 1.29 is 23.5 Å². The third-order valence-electron chi connectivity index (χ3n) is 2.23. The largest absolute Gasteiger partial charge is 0.478 e. The molecule has 1 rings (SSSR count). The Morgan fingerprint density at radius 2 is 2.06 bits per heavy atom. The average Bonchev–Trinajstić information content (AvgIpc) is 2.29. The van der Waals surface area contributed by atoms with Crippen molar-refractivity contribution in [3.63, 3.8) is 0 Å². The number of carbonyl (C=O) groups excluding carboxylic acids is 1. The Hall–Kier alpha value is -2.18. The molecule has 0 aliphatic heterocycles. The highest BCUT2D eigenvalue weighted by Crippen LogP contribution is 2.18. The van der Waals surface area contributed by atoms with E-state index >= 15 is 0 Å². The van der Waals surface area contributed by atoms with Crippen LogP contribution in [-0.2, 0) is 0 Å². The number of halogens is 2. The SMILES string of the molecule is Cc1c(NC(=O)NCC(F)F)cccc1C(=O)O. The molecule has 18 heavy (non-hydrogen) atoms. The number of nitrogens with one attached hydrogen (secondary N) is 2. The van der Waals surface area contributed by atoms with Crippen LogP contribution in [-0.4, -0.2) is 30.1 Å². The highest BCUT2D eigenvalue weighted by atomic mass is 19.3. The first kappa shape index (κ1) is 13.9. The fourth-order valence-corrected chi connectivity index (χ4v) is 1.34. The molecule has 1 aromatic carbocycles. The van der Waals surface area contributed by atoms with Crippen molar-refractivity contribution in [3.05, 3.63) is 29.3 Å². The summed E-state index contributed by atoms with van der Waals surface area (Å²) in [5.74, 6) is -1.12. The first-order chi connectivity index (χ1) is 8.41. The van der Waals surface area contributed by atoms with E-state index in [1.54, 1.807) is 0 Å². The van der Waals surface area contributed by atoms with E-state index in [2.05, 4.69) is 5.32 Å². The molecule has 0 saturated heterocycles. The number of carboxylic acids is 1. The number of rotatable bonds is 4. The van der Waals surface area contributed by atoms with E-state index in [1.165, 1.54) is 25.1 Å². The summed E-state index contributed by atoms with van der Waals surface area (Å²) in [6, 6.07) is 3.53. The zero-order chi connectivity index (χ0) is 13.7. The summed E-state index contributed by atoms with van der Waals surface area (Å²) in [5, 5.41) is 13.1. The van der Waals surface area contributed by atoms with Gasteiger partial charge in [0.1, 0.15) is 0 Å². The minimum atomic E-state index is -2.64. The predicted molar refractivity (Wildman–Crippen MR) is 61.2 cm³/mol. The molecular weight excluding hydrogens is 246 g/mol. The molecule has 0 fully saturated rings. The van der Waals surface area contributed by atoms with Crippen molar-refractivity contribution in [2.24, 2.45) is 0 Å². The summed E-state index contributed by atoms with van der Waals surface area (Å²) in [6.07, 6.45) is -2.64. The molecule has 7 heteroatoms. The Balaban J connectivity index is 2.76. The zero-order valence-corrected chi connectivity index (χ0v) is 9.54. The molecule has 5 nitrogen and oxygen atoms in total. The molecule has 0 radical (unpaired) electrons. The minimum Gasteiger partial charge on any atom is -0.478 e. The van der Waals surface area contributed by atoms with Gasteiger partial charge >= 0.3 is 12.0 Å². The molecule has 0 aliphatic carbocycles. The van der Waals surface area contributed by atoms with Crippen LogP contribution in [0.5, 0.6) is 0 Å². The summed E-state index contributed by atoms with van der Waals surface area (Å²) < 4.78 is 23.7. The molecule has 0 spiro atoms. The second kappa shape index (κ2) is 5.95. The smallest absolute Gasteiger partial charge is 0.336 e. The quantitative estimate of drug-likeness (QED) is 0.773. The molecule has 3 N–H and O–H groups in total. The lowest BCUT2D eigenvalue weighted by atomic mass is 10.1. The molecule has 0 saturated carbocycles. The van der Waals surface area contributed by atoms with Gasteiger partial charge in [0.2, 0.25) is 0 Å². The van der Waals surface area contributed by atoms with Crippen LogP contribution in [0.25, 0.3) is 0 Å². The third-order valence-corrected chi connectivity index (χ3v) is 2.23. The number of amides is 2. The summed E-state index contributed by atoms with van der Waals surface area (Å²) in [6.45, 7) is 0.760. The zero-order valence-electron chi connectivity index (χ0n) is 9.54. The van der Waals surface area contributed by atoms with E-state index in [0.29, 0.717) is 5.56 Å². The number of aromatic carboxylic acids is 1. The van der Waals surface area contributed by atoms with Gasteiger partial charge in [-0.3, -0.25) is 0 Å². The van der Waals surface area contributed by atoms with Crippen LogP contribution in [0, 0.1) is 6.92 Å². The van der Waals surface area contributed by atoms with Crippen LogP contribution in [0.4, 0.5) is 19.3 Å². The van der Waals surface area contributed by atoms with Crippen molar-refractivity contribution in [1.29, 1.82) is 0 Å². The molecule has 0 atom stereocenters. The molecule has 98 valence electrons. The van der Waals surface area contributed by atoms with Crippen molar-refractivity contribution >= 4 is 17.7 Å². The molecule has 0 bridgehead atoms. The summed E-state index contributed by atoms with van der Waals surface area (Å²) in [4.78, 5) is 22.1. The van der Waals surface area contributed by atoms with E-state index in [0.717, 1.165) is 0 Å². The Morgan fingerprint density at radius 1 is 1.39 bits per heavy atom. The number of carboxylic acid groups (broad SMARTS) is 1. The monoisotopic (exact) mass is 258 g/mol. The minimum absolute atomic E-state index is 0.0432. The van der Waals surface area contributed by atoms with Crippen LogP contribution in [0.2, 0.25) is 0 Å². The van der Waals surface area contributed by atoms with Crippen LogP contribution >= 0.6 is 0 Å². The summed E-state index contributed by atoms with van der Waals surface area (Å²) in [5.41, 5.74) is 0.667. The van der Waals surface area contributed by atoms with Gasteiger partial charge in [0.25, 0.3) is 6.43 Å². The fourth-order valence-electron chi connectivity index (χ4n) is 1.34. The van der Waals surface area contributed by atoms with Crippen molar-refractivity contribution in [2.75, 3.05) is 11.9 Å². The third kappa shape index (κ3) is 3.69. The van der Waals surface area contributed by atoms with Gasteiger partial charge < -0.3 is 15.7 Å². The van der Waals surface area contributed by atoms with Crippen molar-refractivity contribution in [2.45, 2.75) is 13.3 Å². The van der Waals surface area contributed by atoms with Crippen molar-refractivity contribution in [3.8, 4) is 0 Å². The lowest BCUT2D eigenvalue weighted by Gasteiger charge is -2.11. The Labute approximate surface area is 102 Å². The number of carbonyl (C=O) groups is 2. The summed E-state index contributed by atoms with van der Waals surface area (Å²) >= 11 is 0. The maximum atomic E-state index is 11.9. The van der Waals surface area contributed by atoms with E-state index in [9.17, 15) is 18.4 Å². The van der Waals surface area contributed by atoms with E-state index in [-0.39, 0.29) is 11.3 Å². The van der Waals surface area contributed by atoms with Gasteiger partial charge in [-0.05, 0) is 24.6 Å². The highest BCUT2D eigenvalue weighted by Gasteiger charge is 2.12. The maximum absolute atomic E-state index is 11.9. The number of hydrogen-bond acceptors (Lipinski definition) is 2. The van der Waals surface area contributed by atoms with Gasteiger partial charge in [-0.15, -0.1) is 0 Å². The normalized spacial score (nSPS) is 10.2. The van der Waals surface area contributed by atoms with Gasteiger partial charge in [0, 0.05) is 5.69 Å². The first-order valence-electron chi connectivity index (χ1n) is 5.07. The lowest BCUT2D eigenvalue weighted by molar-refractivity contribution is 0.0696. The molecule has 0 aromatic heterocycles. The molecule has 0 unspecified atom stereocenters. The van der Waals surface area contributed by atoms with Gasteiger partial charge in [0.15, 0.2) is 0 Å². The predicted octanol–water partition coefficient (Wildman–Crippen LogP) is 2.08.